The average Bonchev–Trinajstić information content (AvgIpc) is 2.78. The first kappa shape index (κ1) is 23.3. The maximum Gasteiger partial charge on any atom is 0.243 e. The van der Waals surface area contributed by atoms with E-state index in [0.29, 0.717) is 49.9 Å². The number of carbonyl (C=O) groups excluding carboxylic acids is 1. The molecule has 0 bridgehead atoms. The largest absolute Gasteiger partial charge is 0.492 e. The summed E-state index contributed by atoms with van der Waals surface area (Å²) >= 11 is 0. The van der Waals surface area contributed by atoms with Crippen molar-refractivity contribution in [2.24, 2.45) is 5.92 Å². The van der Waals surface area contributed by atoms with Crippen LogP contribution in [0.2, 0.25) is 0 Å². The molecular weight excluding hydrogens is 412 g/mol. The Morgan fingerprint density at radius 2 is 1.68 bits per heavy atom. The summed E-state index contributed by atoms with van der Waals surface area (Å²) in [7, 11) is -3.53. The summed E-state index contributed by atoms with van der Waals surface area (Å²) in [5, 5.41) is 2.90. The second-order valence-corrected chi connectivity index (χ2v) is 10.3. The van der Waals surface area contributed by atoms with E-state index >= 15 is 0 Å². The zero-order valence-electron chi connectivity index (χ0n) is 18.5. The van der Waals surface area contributed by atoms with Gasteiger partial charge in [0.2, 0.25) is 15.9 Å². The number of benzene rings is 2. The third-order valence-corrected chi connectivity index (χ3v) is 7.61. The predicted molar refractivity (Wildman–Crippen MR) is 122 cm³/mol. The molecule has 0 aromatic heterocycles. The third-order valence-electron chi connectivity index (χ3n) is 5.70. The molecule has 31 heavy (non-hydrogen) atoms. The Morgan fingerprint density at radius 1 is 1.06 bits per heavy atom. The van der Waals surface area contributed by atoms with Gasteiger partial charge in [0, 0.05) is 19.0 Å². The lowest BCUT2D eigenvalue weighted by atomic mass is 9.97. The standard InChI is InChI=1S/C24H32N2O4S/c1-18(2)20-6-10-23(11-7-20)31(28,29)26-15-12-21(13-16-26)24(27)25-14-17-30-22-8-4-19(3)5-9-22/h4-11,18,21H,12-17H2,1-3H3,(H,25,27). The maximum absolute atomic E-state index is 12.9. The Kier molecular flexibility index (Phi) is 7.73. The lowest BCUT2D eigenvalue weighted by molar-refractivity contribution is -0.126. The molecule has 3 rings (SSSR count). The Labute approximate surface area is 185 Å². The van der Waals surface area contributed by atoms with Crippen molar-refractivity contribution >= 4 is 15.9 Å². The average molecular weight is 445 g/mol. The first-order chi connectivity index (χ1) is 14.8. The molecule has 7 heteroatoms. The molecule has 0 unspecified atom stereocenters. The van der Waals surface area contributed by atoms with Gasteiger partial charge < -0.3 is 10.1 Å². The van der Waals surface area contributed by atoms with Crippen molar-refractivity contribution in [1.82, 2.24) is 9.62 Å². The molecule has 2 aromatic rings. The SMILES string of the molecule is Cc1ccc(OCCNC(=O)C2CCN(S(=O)(=O)c3ccc(C(C)C)cc3)CC2)cc1. The molecular formula is C24H32N2O4S. The number of nitrogens with zero attached hydrogens (tertiary/aromatic N) is 1. The molecule has 1 aliphatic rings. The van der Waals surface area contributed by atoms with Crippen LogP contribution in [0.1, 0.15) is 43.7 Å². The maximum atomic E-state index is 12.9. The Bertz CT molecular complexity index is 962. The van der Waals surface area contributed by atoms with E-state index in [1.807, 2.05) is 43.3 Å². The molecule has 0 radical (unpaired) electrons. The number of ether oxygens (including phenoxy) is 1. The van der Waals surface area contributed by atoms with E-state index in [9.17, 15) is 13.2 Å². The molecule has 168 valence electrons. The number of amides is 1. The van der Waals surface area contributed by atoms with Gasteiger partial charge in [0.25, 0.3) is 0 Å². The summed E-state index contributed by atoms with van der Waals surface area (Å²) in [5.41, 5.74) is 2.28. The molecule has 0 spiro atoms. The van der Waals surface area contributed by atoms with Crippen LogP contribution in [-0.4, -0.2) is 44.9 Å². The van der Waals surface area contributed by atoms with Gasteiger partial charge in [-0.05, 0) is 55.5 Å². The summed E-state index contributed by atoms with van der Waals surface area (Å²) in [6.07, 6.45) is 1.04. The summed E-state index contributed by atoms with van der Waals surface area (Å²) in [6.45, 7) is 7.70. The van der Waals surface area contributed by atoms with Gasteiger partial charge in [-0.15, -0.1) is 0 Å². The van der Waals surface area contributed by atoms with Crippen LogP contribution in [0, 0.1) is 12.8 Å². The normalized spacial score (nSPS) is 15.7. The highest BCUT2D eigenvalue weighted by molar-refractivity contribution is 7.89. The van der Waals surface area contributed by atoms with Crippen LogP contribution in [0.15, 0.2) is 53.4 Å². The lowest BCUT2D eigenvalue weighted by Crippen LogP contribution is -2.43. The summed E-state index contributed by atoms with van der Waals surface area (Å²) in [4.78, 5) is 12.8. The van der Waals surface area contributed by atoms with Gasteiger partial charge in [0.15, 0.2) is 0 Å². The van der Waals surface area contributed by atoms with Crippen molar-refractivity contribution in [2.75, 3.05) is 26.2 Å². The molecule has 1 fully saturated rings. The molecule has 1 amide bonds. The van der Waals surface area contributed by atoms with E-state index in [1.165, 1.54) is 9.87 Å². The number of nitrogens with one attached hydrogen (secondary N) is 1. The second-order valence-electron chi connectivity index (χ2n) is 8.35. The predicted octanol–water partition coefficient (Wildman–Crippen LogP) is 3.71. The molecule has 2 aromatic carbocycles. The number of carbonyl (C=O) groups is 1. The second kappa shape index (κ2) is 10.3. The van der Waals surface area contributed by atoms with Crippen LogP contribution in [0.3, 0.4) is 0 Å². The van der Waals surface area contributed by atoms with E-state index < -0.39 is 10.0 Å². The van der Waals surface area contributed by atoms with Crippen molar-refractivity contribution in [2.45, 2.75) is 44.4 Å². The number of aryl methyl sites for hydroxylation is 1. The number of hydrogen-bond donors (Lipinski definition) is 1. The van der Waals surface area contributed by atoms with E-state index in [1.54, 1.807) is 12.1 Å². The fourth-order valence-corrected chi connectivity index (χ4v) is 5.12. The quantitative estimate of drug-likeness (QED) is 0.630. The van der Waals surface area contributed by atoms with E-state index in [2.05, 4.69) is 19.2 Å². The minimum Gasteiger partial charge on any atom is -0.492 e. The molecule has 0 atom stereocenters. The molecule has 0 saturated carbocycles. The molecule has 1 saturated heterocycles. The molecule has 1 heterocycles. The van der Waals surface area contributed by atoms with Crippen LogP contribution < -0.4 is 10.1 Å². The minimum atomic E-state index is -3.53. The van der Waals surface area contributed by atoms with Crippen molar-refractivity contribution in [3.63, 3.8) is 0 Å². The smallest absolute Gasteiger partial charge is 0.243 e. The van der Waals surface area contributed by atoms with E-state index in [-0.39, 0.29) is 11.8 Å². The summed E-state index contributed by atoms with van der Waals surface area (Å²) < 4.78 is 33.0. The van der Waals surface area contributed by atoms with Gasteiger partial charge in [0.1, 0.15) is 12.4 Å². The third kappa shape index (κ3) is 6.08. The minimum absolute atomic E-state index is 0.0363. The molecule has 1 aliphatic heterocycles. The molecule has 1 N–H and O–H groups in total. The molecule has 6 nitrogen and oxygen atoms in total. The van der Waals surface area contributed by atoms with E-state index in [4.69, 9.17) is 4.74 Å². The highest BCUT2D eigenvalue weighted by atomic mass is 32.2. The molecule has 0 aliphatic carbocycles. The number of hydrogen-bond acceptors (Lipinski definition) is 4. The van der Waals surface area contributed by atoms with Crippen LogP contribution in [0.25, 0.3) is 0 Å². The Morgan fingerprint density at radius 3 is 2.26 bits per heavy atom. The highest BCUT2D eigenvalue weighted by Crippen LogP contribution is 2.25. The fraction of sp³-hybridized carbons (Fsp3) is 0.458. The monoisotopic (exact) mass is 444 g/mol. The van der Waals surface area contributed by atoms with Gasteiger partial charge >= 0.3 is 0 Å². The van der Waals surface area contributed by atoms with Crippen LogP contribution in [0.5, 0.6) is 5.75 Å². The van der Waals surface area contributed by atoms with Crippen molar-refractivity contribution in [1.29, 1.82) is 0 Å². The topological polar surface area (TPSA) is 75.7 Å². The van der Waals surface area contributed by atoms with Crippen molar-refractivity contribution < 1.29 is 17.9 Å². The lowest BCUT2D eigenvalue weighted by Gasteiger charge is -2.30. The van der Waals surface area contributed by atoms with E-state index in [0.717, 1.165) is 11.3 Å². The first-order valence-corrected chi connectivity index (χ1v) is 12.3. The van der Waals surface area contributed by atoms with Crippen LogP contribution in [0.4, 0.5) is 0 Å². The van der Waals surface area contributed by atoms with Crippen LogP contribution in [-0.2, 0) is 14.8 Å². The van der Waals surface area contributed by atoms with Gasteiger partial charge in [-0.3, -0.25) is 4.79 Å². The van der Waals surface area contributed by atoms with Gasteiger partial charge in [-0.25, -0.2) is 8.42 Å². The van der Waals surface area contributed by atoms with Gasteiger partial charge in [-0.2, -0.15) is 4.31 Å². The van der Waals surface area contributed by atoms with Crippen molar-refractivity contribution in [3.05, 3.63) is 59.7 Å². The van der Waals surface area contributed by atoms with Crippen LogP contribution >= 0.6 is 0 Å². The van der Waals surface area contributed by atoms with Crippen molar-refractivity contribution in [3.8, 4) is 5.75 Å². The Hall–Kier alpha value is -2.38. The fourth-order valence-electron chi connectivity index (χ4n) is 3.65. The summed E-state index contributed by atoms with van der Waals surface area (Å²) in [5.74, 6) is 0.924. The number of sulfonamides is 1. The Balaban J connectivity index is 1.44. The zero-order chi connectivity index (χ0) is 22.4. The summed E-state index contributed by atoms with van der Waals surface area (Å²) in [6, 6.07) is 14.9. The highest BCUT2D eigenvalue weighted by Gasteiger charge is 2.32. The number of rotatable bonds is 8. The first-order valence-electron chi connectivity index (χ1n) is 10.8. The number of piperidine rings is 1. The zero-order valence-corrected chi connectivity index (χ0v) is 19.3. The van der Waals surface area contributed by atoms with Gasteiger partial charge in [0.05, 0.1) is 11.4 Å². The van der Waals surface area contributed by atoms with Gasteiger partial charge in [-0.1, -0.05) is 43.7 Å².